The third kappa shape index (κ3) is 3.05. The van der Waals surface area contributed by atoms with Gasteiger partial charge in [-0.1, -0.05) is 42.5 Å². The van der Waals surface area contributed by atoms with Crippen molar-refractivity contribution in [3.8, 4) is 5.75 Å². The second kappa shape index (κ2) is 6.50. The van der Waals surface area contributed by atoms with E-state index in [2.05, 4.69) is 0 Å². The predicted molar refractivity (Wildman–Crippen MR) is 95.0 cm³/mol. The molecule has 4 heteroatoms. The maximum atomic E-state index is 6.25. The molecule has 0 atom stereocenters. The third-order valence-electron chi connectivity index (χ3n) is 3.25. The molecule has 3 aromatic rings. The summed E-state index contributed by atoms with van der Waals surface area (Å²) in [6, 6.07) is 25.3. The van der Waals surface area contributed by atoms with Crippen LogP contribution in [0.25, 0.3) is 0 Å². The second-order valence-electron chi connectivity index (χ2n) is 4.82. The van der Waals surface area contributed by atoms with E-state index in [9.17, 15) is 0 Å². The topological polar surface area (TPSA) is 61.3 Å². The Kier molecular flexibility index (Phi) is 4.27. The largest absolute Gasteiger partial charge is 0.464 e. The molecule has 0 saturated carbocycles. The van der Waals surface area contributed by atoms with Crippen LogP contribution in [0, 0.1) is 0 Å². The quantitative estimate of drug-likeness (QED) is 0.574. The van der Waals surface area contributed by atoms with Gasteiger partial charge in [0.05, 0.1) is 0 Å². The minimum Gasteiger partial charge on any atom is -0.464 e. The van der Waals surface area contributed by atoms with Crippen LogP contribution in [0.5, 0.6) is 5.75 Å². The molecule has 3 nitrogen and oxygen atoms in total. The normalized spacial score (nSPS) is 10.6. The van der Waals surface area contributed by atoms with Crippen LogP contribution in [0.3, 0.4) is 0 Å². The summed E-state index contributed by atoms with van der Waals surface area (Å²) < 4.78 is 6.25. The molecule has 0 spiro atoms. The van der Waals surface area contributed by atoms with Crippen LogP contribution in [-0.4, -0.2) is 0 Å². The summed E-state index contributed by atoms with van der Waals surface area (Å²) in [5, 5.41) is 1.94. The zero-order chi connectivity index (χ0) is 15.4. The van der Waals surface area contributed by atoms with Gasteiger partial charge in [-0.15, -0.1) is 0 Å². The van der Waals surface area contributed by atoms with E-state index in [0.29, 0.717) is 11.4 Å². The van der Waals surface area contributed by atoms with Crippen LogP contribution < -0.4 is 26.6 Å². The van der Waals surface area contributed by atoms with Crippen molar-refractivity contribution in [3.63, 3.8) is 0 Å². The average molecular weight is 308 g/mol. The maximum absolute atomic E-state index is 6.25. The van der Waals surface area contributed by atoms with Gasteiger partial charge < -0.3 is 16.0 Å². The van der Waals surface area contributed by atoms with Crippen LogP contribution in [-0.2, 0) is 0 Å². The highest BCUT2D eigenvalue weighted by atomic mass is 31.1. The van der Waals surface area contributed by atoms with Crippen LogP contribution >= 0.6 is 8.15 Å². The van der Waals surface area contributed by atoms with Crippen LogP contribution in [0.15, 0.2) is 78.9 Å². The molecule has 0 fully saturated rings. The maximum Gasteiger partial charge on any atom is 0.154 e. The summed E-state index contributed by atoms with van der Waals surface area (Å²) in [7, 11) is -1.12. The molecule has 110 valence electrons. The number of hydrogen-bond acceptors (Lipinski definition) is 3. The van der Waals surface area contributed by atoms with Gasteiger partial charge in [0.1, 0.15) is 5.75 Å². The van der Waals surface area contributed by atoms with Crippen molar-refractivity contribution in [1.29, 1.82) is 0 Å². The van der Waals surface area contributed by atoms with E-state index in [4.69, 9.17) is 16.0 Å². The lowest BCUT2D eigenvalue weighted by Crippen LogP contribution is -2.20. The van der Waals surface area contributed by atoms with E-state index in [0.717, 1.165) is 16.4 Å². The fourth-order valence-corrected chi connectivity index (χ4v) is 4.01. The van der Waals surface area contributed by atoms with E-state index >= 15 is 0 Å². The smallest absolute Gasteiger partial charge is 0.154 e. The Bertz CT molecular complexity index is 716. The van der Waals surface area contributed by atoms with Crippen molar-refractivity contribution in [2.24, 2.45) is 0 Å². The van der Waals surface area contributed by atoms with Crippen LogP contribution in [0.4, 0.5) is 11.4 Å². The molecule has 0 aliphatic carbocycles. The molecular formula is C18H17N2OP. The molecule has 0 aromatic heterocycles. The first-order valence-electron chi connectivity index (χ1n) is 6.98. The molecule has 22 heavy (non-hydrogen) atoms. The summed E-state index contributed by atoms with van der Waals surface area (Å²) >= 11 is 0. The molecule has 3 aromatic carbocycles. The number of para-hydroxylation sites is 3. The zero-order valence-corrected chi connectivity index (χ0v) is 12.9. The monoisotopic (exact) mass is 308 g/mol. The Morgan fingerprint density at radius 1 is 0.591 bits per heavy atom. The highest BCUT2D eigenvalue weighted by Crippen LogP contribution is 2.39. The zero-order valence-electron chi connectivity index (χ0n) is 12.0. The number of rotatable bonds is 4. The van der Waals surface area contributed by atoms with Crippen molar-refractivity contribution < 1.29 is 4.52 Å². The molecule has 0 radical (unpaired) electrons. The summed E-state index contributed by atoms with van der Waals surface area (Å²) in [6.45, 7) is 0. The van der Waals surface area contributed by atoms with Crippen LogP contribution in [0.2, 0.25) is 0 Å². The van der Waals surface area contributed by atoms with Gasteiger partial charge in [-0.05, 0) is 36.4 Å². The number of nitrogens with two attached hydrogens (primary N) is 2. The average Bonchev–Trinajstić information content (AvgIpc) is 2.55. The Morgan fingerprint density at radius 3 is 1.55 bits per heavy atom. The van der Waals surface area contributed by atoms with E-state index in [1.807, 2.05) is 78.9 Å². The number of nitrogen functional groups attached to an aromatic ring is 2. The van der Waals surface area contributed by atoms with Crippen molar-refractivity contribution in [3.05, 3.63) is 78.9 Å². The molecular weight excluding hydrogens is 291 g/mol. The van der Waals surface area contributed by atoms with E-state index in [1.165, 1.54) is 0 Å². The molecule has 0 unspecified atom stereocenters. The van der Waals surface area contributed by atoms with E-state index in [1.54, 1.807) is 0 Å². The highest BCUT2D eigenvalue weighted by Gasteiger charge is 2.21. The Labute approximate surface area is 131 Å². The number of hydrogen-bond donors (Lipinski definition) is 2. The van der Waals surface area contributed by atoms with Gasteiger partial charge in [0.15, 0.2) is 8.15 Å². The summed E-state index contributed by atoms with van der Waals surface area (Å²) in [5.41, 5.74) is 13.7. The van der Waals surface area contributed by atoms with Crippen molar-refractivity contribution in [1.82, 2.24) is 0 Å². The molecule has 0 saturated heterocycles. The molecule has 0 aliphatic rings. The van der Waals surface area contributed by atoms with Gasteiger partial charge in [-0.25, -0.2) is 0 Å². The first-order chi connectivity index (χ1) is 10.8. The van der Waals surface area contributed by atoms with Gasteiger partial charge in [0.25, 0.3) is 0 Å². The van der Waals surface area contributed by atoms with Crippen LogP contribution in [0.1, 0.15) is 0 Å². The summed E-state index contributed by atoms with van der Waals surface area (Å²) in [6.07, 6.45) is 0. The van der Waals surface area contributed by atoms with Crippen molar-refractivity contribution in [2.45, 2.75) is 0 Å². The minimum atomic E-state index is -1.12. The highest BCUT2D eigenvalue weighted by molar-refractivity contribution is 7.69. The molecule has 0 aliphatic heterocycles. The lowest BCUT2D eigenvalue weighted by molar-refractivity contribution is 0.630. The molecule has 0 heterocycles. The van der Waals surface area contributed by atoms with E-state index in [-0.39, 0.29) is 0 Å². The molecule has 0 amide bonds. The Hall–Kier alpha value is -2.51. The van der Waals surface area contributed by atoms with Gasteiger partial charge in [0, 0.05) is 22.0 Å². The molecule has 3 rings (SSSR count). The van der Waals surface area contributed by atoms with Crippen molar-refractivity contribution in [2.75, 3.05) is 11.5 Å². The fourth-order valence-electron chi connectivity index (χ4n) is 2.16. The van der Waals surface area contributed by atoms with Gasteiger partial charge in [-0.2, -0.15) is 0 Å². The Balaban J connectivity index is 2.07. The standard InChI is InChI=1S/C18H17N2OP/c19-15-10-4-6-12-17(15)22(18-13-7-5-11-16(18)20)21-14-8-2-1-3-9-14/h1-13H,19-20H2. The number of anilines is 2. The number of benzene rings is 3. The minimum absolute atomic E-state index is 0.716. The molecule has 0 bridgehead atoms. The Morgan fingerprint density at radius 2 is 1.05 bits per heavy atom. The van der Waals surface area contributed by atoms with Gasteiger partial charge >= 0.3 is 0 Å². The second-order valence-corrected chi connectivity index (χ2v) is 6.55. The lowest BCUT2D eigenvalue weighted by Gasteiger charge is -2.21. The third-order valence-corrected chi connectivity index (χ3v) is 5.33. The lowest BCUT2D eigenvalue weighted by atomic mass is 10.3. The fraction of sp³-hybridized carbons (Fsp3) is 0. The SMILES string of the molecule is Nc1ccccc1P(Oc1ccccc1)c1ccccc1N. The summed E-state index contributed by atoms with van der Waals surface area (Å²) in [4.78, 5) is 0. The summed E-state index contributed by atoms with van der Waals surface area (Å²) in [5.74, 6) is 0.806. The predicted octanol–water partition coefficient (Wildman–Crippen LogP) is 3.28. The van der Waals surface area contributed by atoms with E-state index < -0.39 is 8.15 Å². The molecule has 4 N–H and O–H groups in total. The van der Waals surface area contributed by atoms with Crippen molar-refractivity contribution >= 4 is 30.1 Å². The van der Waals surface area contributed by atoms with Gasteiger partial charge in [0.2, 0.25) is 0 Å². The first kappa shape index (κ1) is 14.4. The van der Waals surface area contributed by atoms with Gasteiger partial charge in [-0.3, -0.25) is 0 Å². The first-order valence-corrected chi connectivity index (χ1v) is 8.24.